The lowest BCUT2D eigenvalue weighted by molar-refractivity contribution is -0.159. The van der Waals surface area contributed by atoms with Crippen molar-refractivity contribution in [1.29, 1.82) is 0 Å². The van der Waals surface area contributed by atoms with Crippen LogP contribution in [0.4, 0.5) is 0 Å². The number of nitrogens with one attached hydrogen (secondary N) is 6. The van der Waals surface area contributed by atoms with E-state index in [1.54, 1.807) is 26.0 Å². The number of nitrogens with zero attached hydrogens (tertiary/aromatic N) is 8. The summed E-state index contributed by atoms with van der Waals surface area (Å²) < 4.78 is 14.1. The van der Waals surface area contributed by atoms with E-state index >= 15 is 0 Å². The van der Waals surface area contributed by atoms with Crippen molar-refractivity contribution in [1.82, 2.24) is 70.4 Å². The number of aryl methyl sites for hydroxylation is 2. The zero-order chi connectivity index (χ0) is 54.7. The summed E-state index contributed by atoms with van der Waals surface area (Å²) in [7, 11) is 0. The van der Waals surface area contributed by atoms with Crippen LogP contribution in [0.1, 0.15) is 142 Å². The Morgan fingerprint density at radius 3 is 1.32 bits per heavy atom. The highest BCUT2D eigenvalue weighted by Crippen LogP contribution is 2.58. The molecule has 0 saturated heterocycles. The fourth-order valence-electron chi connectivity index (χ4n) is 11.8. The number of hydrogen-bond donors (Lipinski definition) is 8. The van der Waals surface area contributed by atoms with Crippen molar-refractivity contribution in [3.63, 3.8) is 0 Å². The molecule has 14 rings (SSSR count). The molecule has 6 heterocycles. The first kappa shape index (κ1) is 51.8. The minimum atomic E-state index is -0.715. The number of carbonyl (C=O) groups is 6. The maximum absolute atomic E-state index is 13.4. The molecule has 0 aliphatic heterocycles. The third kappa shape index (κ3) is 9.77. The van der Waals surface area contributed by atoms with Gasteiger partial charge < -0.3 is 40.3 Å². The van der Waals surface area contributed by atoms with Crippen molar-refractivity contribution < 1.29 is 47.8 Å². The number of oxazole rings is 2. The molecule has 78 heavy (non-hydrogen) atoms. The Bertz CT molecular complexity index is 3860. The quantitative estimate of drug-likeness (QED) is 0.0529. The summed E-state index contributed by atoms with van der Waals surface area (Å²) in [4.78, 5) is 93.6. The number of fused-ring (bicyclic) bond motifs is 10. The number of benzene rings is 2. The van der Waals surface area contributed by atoms with E-state index in [4.69, 9.17) is 33.3 Å². The van der Waals surface area contributed by atoms with Gasteiger partial charge in [0.25, 0.3) is 35.2 Å². The molecule has 4 bridgehead atoms. The summed E-state index contributed by atoms with van der Waals surface area (Å²) in [5.41, 5.74) is 3.27. The molecule has 6 fully saturated rings. The number of aromatic nitrogens is 10. The fraction of sp³-hybridized carbons (Fsp3) is 0.423. The van der Waals surface area contributed by atoms with E-state index in [1.807, 2.05) is 24.3 Å². The molecule has 24 nitrogen and oxygen atoms in total. The first-order valence-electron chi connectivity index (χ1n) is 25.6. The number of aliphatic carboxylic acids is 2. The molecule has 6 saturated carbocycles. The van der Waals surface area contributed by atoms with Crippen molar-refractivity contribution in [2.24, 2.45) is 21.7 Å². The highest BCUT2D eigenvalue weighted by Gasteiger charge is 2.53. The predicted octanol–water partition coefficient (Wildman–Crippen LogP) is 6.64. The Labute approximate surface area is 452 Å². The summed E-state index contributed by atoms with van der Waals surface area (Å²) >= 11 is 10.6. The summed E-state index contributed by atoms with van der Waals surface area (Å²) in [5, 5.41) is 44.4. The Kier molecular flexibility index (Phi) is 13.3. The summed E-state index contributed by atoms with van der Waals surface area (Å²) in [6.07, 6.45) is 8.28. The molecule has 26 heteroatoms. The van der Waals surface area contributed by atoms with Crippen LogP contribution in [0.2, 0.25) is 0 Å². The molecule has 6 aliphatic rings. The van der Waals surface area contributed by atoms with E-state index in [0.717, 1.165) is 49.7 Å². The fourth-order valence-corrected chi connectivity index (χ4v) is 12.2. The molecule has 6 aliphatic carbocycles. The molecule has 2 aromatic carbocycles. The number of hydrogen-bond acceptors (Lipinski definition) is 16. The van der Waals surface area contributed by atoms with Crippen molar-refractivity contribution in [2.45, 2.75) is 104 Å². The first-order valence-corrected chi connectivity index (χ1v) is 26.4. The zero-order valence-corrected chi connectivity index (χ0v) is 44.1. The number of carbonyl (C=O) groups excluding carboxylic acids is 4. The molecule has 0 atom stereocenters. The maximum atomic E-state index is 13.4. The van der Waals surface area contributed by atoms with Crippen LogP contribution in [0.3, 0.4) is 0 Å². The van der Waals surface area contributed by atoms with E-state index in [1.165, 1.54) is 20.9 Å². The van der Waals surface area contributed by atoms with Gasteiger partial charge in [-0.3, -0.25) is 28.8 Å². The van der Waals surface area contributed by atoms with Crippen molar-refractivity contribution in [2.75, 3.05) is 13.1 Å². The van der Waals surface area contributed by atoms with Crippen LogP contribution in [0.5, 0.6) is 0 Å². The van der Waals surface area contributed by atoms with Crippen molar-refractivity contribution in [3.8, 4) is 0 Å². The molecule has 8 N–H and O–H groups in total. The van der Waals surface area contributed by atoms with Gasteiger partial charge in [0.1, 0.15) is 33.8 Å². The largest absolute Gasteiger partial charge is 0.481 e. The molecule has 0 unspecified atom stereocenters. The number of aromatic amines is 2. The van der Waals surface area contributed by atoms with Gasteiger partial charge in [0.15, 0.2) is 22.9 Å². The lowest BCUT2D eigenvalue weighted by Gasteiger charge is -2.51. The molecule has 8 aromatic rings. The van der Waals surface area contributed by atoms with Crippen molar-refractivity contribution >= 4 is 93.8 Å². The van der Waals surface area contributed by atoms with E-state index in [-0.39, 0.29) is 67.8 Å². The average molecular weight is 1100 g/mol. The Morgan fingerprint density at radius 1 is 0.538 bits per heavy atom. The SMILES string of the molecule is Cc1nc2cc(CNC(=O)c3cc(C(=O)NCC45CCC(C(=O)O)(CC4)CC5)n4c(=S)[nH]nc4n3)ccc2o1.Cc1nc2cc(CNC(=O)c3cc(C(=O)NCC45CCC(C(=O)O)(CC4)CC5)nc4n[nH]c(=S)n34)ccc2o1. The molecular formula is C52H54N14O10S2. The highest BCUT2D eigenvalue weighted by atomic mass is 32.1. The standard InChI is InChI=1S/2C26H27N7O5S/c1-14-29-16-10-15(2-3-19(16)38-14)12-27-21(35)18-11-17(30-23-31-32-24(39)33(18)23)20(34)28-13-25-4-7-26(8-5-25,9-6-25)22(36)37;1-14-29-16-10-15(2-3-19(16)38-14)12-27-20(34)17-11-18(33-23(30-17)31-32-24(33)39)21(35)28-13-25-4-7-26(8-5-25,9-6-25)22(36)37/h2-3,10-11H,4-9,12-13H2,1H3,(H,27,35)(H,28,34)(H,32,39)(H,36,37);2-3,10-11H,4-9,12-13H2,1H3,(H,27,34)(H,28,35)(H,32,39)(H,36,37). The molecule has 6 aromatic heterocycles. The van der Waals surface area contributed by atoms with E-state index in [2.05, 4.69) is 61.6 Å². The number of amides is 4. The Morgan fingerprint density at radius 2 is 0.910 bits per heavy atom. The minimum absolute atomic E-state index is 0.0275. The second-order valence-corrected chi connectivity index (χ2v) is 22.1. The Hall–Kier alpha value is -8.26. The summed E-state index contributed by atoms with van der Waals surface area (Å²) in [5.74, 6) is -1.85. The third-order valence-electron chi connectivity index (χ3n) is 16.7. The average Bonchev–Trinajstić information content (AvgIpc) is 4.38. The van der Waals surface area contributed by atoms with Crippen LogP contribution >= 0.6 is 24.4 Å². The summed E-state index contributed by atoms with van der Waals surface area (Å²) in [6, 6.07) is 13.8. The van der Waals surface area contributed by atoms with Gasteiger partial charge in [-0.05, 0) is 160 Å². The lowest BCUT2D eigenvalue weighted by Crippen LogP contribution is -2.50. The van der Waals surface area contributed by atoms with Crippen LogP contribution in [0.15, 0.2) is 57.4 Å². The van der Waals surface area contributed by atoms with Gasteiger partial charge in [-0.2, -0.15) is 0 Å². The molecular weight excluding hydrogens is 1040 g/mol. The zero-order valence-electron chi connectivity index (χ0n) is 42.5. The van der Waals surface area contributed by atoms with Gasteiger partial charge in [0.2, 0.25) is 9.54 Å². The molecule has 404 valence electrons. The van der Waals surface area contributed by atoms with Gasteiger partial charge in [-0.25, -0.2) is 38.9 Å². The normalized spacial score (nSPS) is 22.3. The number of carboxylic acid groups (broad SMARTS) is 2. The highest BCUT2D eigenvalue weighted by molar-refractivity contribution is 7.71. The first-order chi connectivity index (χ1) is 37.3. The van der Waals surface area contributed by atoms with Gasteiger partial charge in [-0.1, -0.05) is 12.1 Å². The van der Waals surface area contributed by atoms with Crippen LogP contribution in [0.25, 0.3) is 33.8 Å². The minimum Gasteiger partial charge on any atom is -0.481 e. The smallest absolute Gasteiger partial charge is 0.309 e. The molecule has 4 amide bonds. The second kappa shape index (κ2) is 20.0. The third-order valence-corrected chi connectivity index (χ3v) is 17.2. The lowest BCUT2D eigenvalue weighted by atomic mass is 9.53. The van der Waals surface area contributed by atoms with E-state index < -0.39 is 46.4 Å². The molecule has 0 radical (unpaired) electrons. The Balaban J connectivity index is 0.000000165. The van der Waals surface area contributed by atoms with Crippen LogP contribution in [-0.4, -0.2) is 108 Å². The number of H-pyrrole nitrogens is 2. The van der Waals surface area contributed by atoms with Gasteiger partial charge in [-0.15, -0.1) is 10.2 Å². The van der Waals surface area contributed by atoms with Crippen LogP contribution in [0, 0.1) is 45.0 Å². The van der Waals surface area contributed by atoms with Crippen molar-refractivity contribution in [3.05, 3.63) is 104 Å². The van der Waals surface area contributed by atoms with Gasteiger partial charge in [0, 0.05) is 40.0 Å². The second-order valence-electron chi connectivity index (χ2n) is 21.4. The monoisotopic (exact) mass is 1100 g/mol. The maximum Gasteiger partial charge on any atom is 0.309 e. The number of rotatable bonds is 14. The van der Waals surface area contributed by atoms with Gasteiger partial charge in [0.05, 0.1) is 10.8 Å². The topological polar surface area (TPSA) is 335 Å². The molecule has 0 spiro atoms. The number of carboxylic acids is 2. The van der Waals surface area contributed by atoms with Crippen LogP contribution < -0.4 is 21.3 Å². The van der Waals surface area contributed by atoms with E-state index in [0.29, 0.717) is 85.6 Å². The predicted molar refractivity (Wildman–Crippen MR) is 281 cm³/mol. The summed E-state index contributed by atoms with van der Waals surface area (Å²) in [6.45, 7) is 4.83. The van der Waals surface area contributed by atoms with E-state index in [9.17, 15) is 39.0 Å². The van der Waals surface area contributed by atoms with Crippen LogP contribution in [-0.2, 0) is 22.7 Å². The van der Waals surface area contributed by atoms with Gasteiger partial charge >= 0.3 is 11.9 Å².